The van der Waals surface area contributed by atoms with Crippen LogP contribution in [0.1, 0.15) is 24.0 Å². The van der Waals surface area contributed by atoms with Crippen molar-refractivity contribution in [3.05, 3.63) is 58.6 Å². The molecule has 0 unspecified atom stereocenters. The van der Waals surface area contributed by atoms with Gasteiger partial charge < -0.3 is 15.0 Å². The molecule has 168 valence electrons. The fourth-order valence-electron chi connectivity index (χ4n) is 3.79. The van der Waals surface area contributed by atoms with Crippen LogP contribution in [0.15, 0.2) is 52.4 Å². The summed E-state index contributed by atoms with van der Waals surface area (Å²) in [6.07, 6.45) is 1.78. The number of aliphatic imine (C=N–C) groups is 2. The molecule has 2 aliphatic rings. The van der Waals surface area contributed by atoms with Crippen molar-refractivity contribution >= 4 is 45.7 Å². The summed E-state index contributed by atoms with van der Waals surface area (Å²) in [7, 11) is 3.67. The van der Waals surface area contributed by atoms with E-state index in [2.05, 4.69) is 48.5 Å². The van der Waals surface area contributed by atoms with Gasteiger partial charge in [-0.15, -0.1) is 0 Å². The van der Waals surface area contributed by atoms with Crippen molar-refractivity contribution in [2.75, 3.05) is 38.3 Å². The number of nitrogens with one attached hydrogen (secondary N) is 1. The van der Waals surface area contributed by atoms with E-state index < -0.39 is 5.66 Å². The van der Waals surface area contributed by atoms with Crippen LogP contribution in [-0.4, -0.2) is 60.2 Å². The first kappa shape index (κ1) is 22.8. The molecular formula is C24H27ClN4O2S. The Labute approximate surface area is 198 Å². The Morgan fingerprint density at radius 1 is 1.19 bits per heavy atom. The first-order valence-corrected chi connectivity index (χ1v) is 12.0. The first-order chi connectivity index (χ1) is 15.4. The molecule has 0 radical (unpaired) electrons. The van der Waals surface area contributed by atoms with E-state index in [1.807, 2.05) is 0 Å². The van der Waals surface area contributed by atoms with Gasteiger partial charge in [-0.2, -0.15) is 0 Å². The highest BCUT2D eigenvalue weighted by Gasteiger charge is 2.39. The average Bonchev–Trinajstić information content (AvgIpc) is 3.14. The van der Waals surface area contributed by atoms with Gasteiger partial charge in [0.2, 0.25) is 5.91 Å². The Morgan fingerprint density at radius 2 is 1.91 bits per heavy atom. The van der Waals surface area contributed by atoms with E-state index in [1.165, 1.54) is 17.3 Å². The fourth-order valence-corrected chi connectivity index (χ4v) is 4.86. The monoisotopic (exact) mass is 470 g/mol. The number of aryl methyl sites for hydroxylation is 1. The molecule has 2 aromatic carbocycles. The summed E-state index contributed by atoms with van der Waals surface area (Å²) in [5.41, 5.74) is 3.37. The van der Waals surface area contributed by atoms with Crippen LogP contribution in [0.3, 0.4) is 0 Å². The zero-order valence-corrected chi connectivity index (χ0v) is 20.1. The van der Waals surface area contributed by atoms with Crippen molar-refractivity contribution in [2.45, 2.75) is 25.4 Å². The molecule has 0 aromatic heterocycles. The van der Waals surface area contributed by atoms with E-state index in [-0.39, 0.29) is 11.7 Å². The van der Waals surface area contributed by atoms with E-state index in [9.17, 15) is 4.79 Å². The fraction of sp³-hybridized carbons (Fsp3) is 0.375. The number of amides is 1. The minimum absolute atomic E-state index is 0.116. The number of hydrogen-bond donors (Lipinski definition) is 1. The Morgan fingerprint density at radius 3 is 2.59 bits per heavy atom. The summed E-state index contributed by atoms with van der Waals surface area (Å²) < 4.78 is 5.22. The van der Waals surface area contributed by atoms with Crippen molar-refractivity contribution in [3.63, 3.8) is 0 Å². The first-order valence-electron chi connectivity index (χ1n) is 10.6. The molecule has 1 saturated heterocycles. The SMILES string of the molecule is COc1cc(NC(=O)CSC2=NC3(CCN(C)CC3)N=C2c2ccc(C)cc2)ccc1Cl. The number of benzene rings is 2. The summed E-state index contributed by atoms with van der Waals surface area (Å²) in [4.78, 5) is 25.1. The molecule has 1 spiro atoms. The molecule has 0 saturated carbocycles. The Hall–Kier alpha value is -2.35. The molecule has 1 N–H and O–H groups in total. The summed E-state index contributed by atoms with van der Waals surface area (Å²) in [5, 5.41) is 4.24. The highest BCUT2D eigenvalue weighted by molar-refractivity contribution is 8.16. The van der Waals surface area contributed by atoms with Crippen molar-refractivity contribution in [1.82, 2.24) is 4.90 Å². The Bertz CT molecular complexity index is 1060. The number of halogens is 1. The lowest BCUT2D eigenvalue weighted by Gasteiger charge is -2.33. The topological polar surface area (TPSA) is 66.3 Å². The second-order valence-corrected chi connectivity index (χ2v) is 9.59. The molecule has 0 atom stereocenters. The zero-order valence-electron chi connectivity index (χ0n) is 18.5. The molecular weight excluding hydrogens is 444 g/mol. The molecule has 2 aromatic rings. The number of rotatable bonds is 5. The number of methoxy groups -OCH3 is 1. The predicted molar refractivity (Wildman–Crippen MR) is 134 cm³/mol. The second-order valence-electron chi connectivity index (χ2n) is 8.22. The zero-order chi connectivity index (χ0) is 22.7. The van der Waals surface area contributed by atoms with Gasteiger partial charge in [0.05, 0.1) is 23.6 Å². The molecule has 32 heavy (non-hydrogen) atoms. The molecule has 8 heteroatoms. The van der Waals surface area contributed by atoms with Gasteiger partial charge in [0.15, 0.2) is 5.66 Å². The van der Waals surface area contributed by atoms with Gasteiger partial charge in [-0.1, -0.05) is 53.2 Å². The lowest BCUT2D eigenvalue weighted by molar-refractivity contribution is -0.113. The lowest BCUT2D eigenvalue weighted by Crippen LogP contribution is -2.39. The van der Waals surface area contributed by atoms with Crippen LogP contribution < -0.4 is 10.1 Å². The van der Waals surface area contributed by atoms with Gasteiger partial charge in [-0.3, -0.25) is 9.79 Å². The van der Waals surface area contributed by atoms with Crippen molar-refractivity contribution in [1.29, 1.82) is 0 Å². The van der Waals surface area contributed by atoms with E-state index in [0.29, 0.717) is 16.5 Å². The van der Waals surface area contributed by atoms with Crippen LogP contribution in [0.2, 0.25) is 5.02 Å². The Kier molecular flexibility index (Phi) is 6.88. The summed E-state index contributed by atoms with van der Waals surface area (Å²) >= 11 is 7.51. The normalized spacial score (nSPS) is 17.8. The number of ether oxygens (including phenoxy) is 1. The maximum Gasteiger partial charge on any atom is 0.234 e. The molecule has 6 nitrogen and oxygen atoms in total. The maximum atomic E-state index is 12.6. The van der Waals surface area contributed by atoms with Crippen LogP contribution in [-0.2, 0) is 4.79 Å². The standard InChI is InChI=1S/C24H27ClN4O2S/c1-16-4-6-17(7-5-16)22-23(28-24(27-22)10-12-29(2)13-11-24)32-15-21(30)26-18-8-9-19(25)20(14-18)31-3/h4-9,14H,10-13,15H2,1-3H3,(H,26,30). The number of carbonyl (C=O) groups is 1. The minimum Gasteiger partial charge on any atom is -0.495 e. The third kappa shape index (κ3) is 5.17. The summed E-state index contributed by atoms with van der Waals surface area (Å²) in [6, 6.07) is 13.5. The van der Waals surface area contributed by atoms with E-state index in [4.69, 9.17) is 26.3 Å². The van der Waals surface area contributed by atoms with Gasteiger partial charge in [0, 0.05) is 43.2 Å². The summed E-state index contributed by atoms with van der Waals surface area (Å²) in [5.74, 6) is 0.648. The van der Waals surface area contributed by atoms with Crippen molar-refractivity contribution < 1.29 is 9.53 Å². The average molecular weight is 471 g/mol. The molecule has 2 heterocycles. The molecule has 1 amide bonds. The molecule has 0 aliphatic carbocycles. The molecule has 2 aliphatic heterocycles. The van der Waals surface area contributed by atoms with Crippen LogP contribution >= 0.6 is 23.4 Å². The highest BCUT2D eigenvalue weighted by atomic mass is 35.5. The molecule has 4 rings (SSSR count). The molecule has 0 bridgehead atoms. The van der Waals surface area contributed by atoms with Gasteiger partial charge in [0.25, 0.3) is 0 Å². The van der Waals surface area contributed by atoms with Crippen molar-refractivity contribution in [2.24, 2.45) is 9.98 Å². The van der Waals surface area contributed by atoms with Crippen LogP contribution in [0.4, 0.5) is 5.69 Å². The number of hydrogen-bond acceptors (Lipinski definition) is 6. The quantitative estimate of drug-likeness (QED) is 0.690. The van der Waals surface area contributed by atoms with Crippen LogP contribution in [0.5, 0.6) is 5.75 Å². The van der Waals surface area contributed by atoms with E-state index in [0.717, 1.165) is 42.3 Å². The number of thioether (sulfide) groups is 1. The second kappa shape index (κ2) is 9.65. The molecule has 1 fully saturated rings. The number of nitrogens with zero attached hydrogens (tertiary/aromatic N) is 3. The van der Waals surface area contributed by atoms with Gasteiger partial charge >= 0.3 is 0 Å². The van der Waals surface area contributed by atoms with Crippen LogP contribution in [0.25, 0.3) is 0 Å². The number of anilines is 1. The predicted octanol–water partition coefficient (Wildman–Crippen LogP) is 4.65. The summed E-state index contributed by atoms with van der Waals surface area (Å²) in [6.45, 7) is 3.99. The third-order valence-electron chi connectivity index (χ3n) is 5.72. The largest absolute Gasteiger partial charge is 0.495 e. The van der Waals surface area contributed by atoms with Gasteiger partial charge in [-0.05, 0) is 26.1 Å². The van der Waals surface area contributed by atoms with Crippen LogP contribution in [0, 0.1) is 6.92 Å². The van der Waals surface area contributed by atoms with Crippen molar-refractivity contribution in [3.8, 4) is 5.75 Å². The van der Waals surface area contributed by atoms with Gasteiger partial charge in [0.1, 0.15) is 10.8 Å². The number of carbonyl (C=O) groups excluding carboxylic acids is 1. The Balaban J connectivity index is 1.49. The highest BCUT2D eigenvalue weighted by Crippen LogP contribution is 2.35. The number of likely N-dealkylation sites (tertiary alicyclic amines) is 1. The van der Waals surface area contributed by atoms with E-state index in [1.54, 1.807) is 25.3 Å². The maximum absolute atomic E-state index is 12.6. The van der Waals surface area contributed by atoms with E-state index >= 15 is 0 Å². The minimum atomic E-state index is -0.408. The van der Waals surface area contributed by atoms with Gasteiger partial charge in [-0.25, -0.2) is 4.99 Å². The lowest BCUT2D eigenvalue weighted by atomic mass is 9.99. The number of piperidine rings is 1. The third-order valence-corrected chi connectivity index (χ3v) is 7.00. The smallest absolute Gasteiger partial charge is 0.234 e.